The molecular weight excluding hydrogens is 361 g/mol. The Kier molecular flexibility index (Phi) is 6.87. The summed E-state index contributed by atoms with van der Waals surface area (Å²) >= 11 is 0. The van der Waals surface area contributed by atoms with E-state index in [1.807, 2.05) is 0 Å². The molecule has 0 aliphatic carbocycles. The van der Waals surface area contributed by atoms with E-state index in [0.29, 0.717) is 16.7 Å². The monoisotopic (exact) mass is 385 g/mol. The number of amides is 2. The van der Waals surface area contributed by atoms with Crippen molar-refractivity contribution in [3.8, 4) is 5.75 Å². The predicted molar refractivity (Wildman–Crippen MR) is 106 cm³/mol. The van der Waals surface area contributed by atoms with Crippen molar-refractivity contribution in [3.05, 3.63) is 64.5 Å². The van der Waals surface area contributed by atoms with Gasteiger partial charge in [-0.3, -0.25) is 9.59 Å². The third kappa shape index (κ3) is 5.16. The Labute approximate surface area is 163 Å². The van der Waals surface area contributed by atoms with E-state index in [4.69, 9.17) is 0 Å². The van der Waals surface area contributed by atoms with E-state index >= 15 is 0 Å². The zero-order valence-corrected chi connectivity index (χ0v) is 16.3. The molecule has 2 aromatic rings. The molecule has 6 nitrogen and oxygen atoms in total. The quantitative estimate of drug-likeness (QED) is 0.527. The highest BCUT2D eigenvalue weighted by Gasteiger charge is 2.25. The topological polar surface area (TPSA) is 90.8 Å². The largest absolute Gasteiger partial charge is 0.507 e. The molecule has 3 N–H and O–H groups in total. The third-order valence-corrected chi connectivity index (χ3v) is 4.26. The van der Waals surface area contributed by atoms with Crippen molar-refractivity contribution in [1.29, 1.82) is 0 Å². The van der Waals surface area contributed by atoms with Gasteiger partial charge in [0.15, 0.2) is 0 Å². The summed E-state index contributed by atoms with van der Waals surface area (Å²) in [7, 11) is 0. The highest BCUT2D eigenvalue weighted by Crippen LogP contribution is 2.22. The Hall–Kier alpha value is -3.22. The molecule has 0 saturated carbocycles. The number of carbonyl (C=O) groups excluding carboxylic acids is 2. The highest BCUT2D eigenvalue weighted by molar-refractivity contribution is 5.98. The summed E-state index contributed by atoms with van der Waals surface area (Å²) in [4.78, 5) is 24.7. The van der Waals surface area contributed by atoms with Crippen LogP contribution in [0.5, 0.6) is 5.75 Å². The number of hydrogen-bond acceptors (Lipinski definition) is 4. The molecule has 0 saturated heterocycles. The second kappa shape index (κ2) is 9.12. The third-order valence-electron chi connectivity index (χ3n) is 4.26. The molecule has 1 unspecified atom stereocenters. The molecule has 0 fully saturated rings. The second-order valence-corrected chi connectivity index (χ2v) is 6.91. The van der Waals surface area contributed by atoms with E-state index in [-0.39, 0.29) is 17.2 Å². The molecule has 2 amide bonds. The zero-order valence-electron chi connectivity index (χ0n) is 16.3. The van der Waals surface area contributed by atoms with Gasteiger partial charge >= 0.3 is 0 Å². The zero-order chi connectivity index (χ0) is 20.8. The number of aryl methyl sites for hydroxylation is 2. The predicted octanol–water partition coefficient (Wildman–Crippen LogP) is 3.05. The van der Waals surface area contributed by atoms with Crippen molar-refractivity contribution < 1.29 is 19.1 Å². The molecule has 0 aliphatic heterocycles. The van der Waals surface area contributed by atoms with Gasteiger partial charge in [-0.1, -0.05) is 26.0 Å². The Morgan fingerprint density at radius 3 is 2.32 bits per heavy atom. The highest BCUT2D eigenvalue weighted by atomic mass is 19.1. The summed E-state index contributed by atoms with van der Waals surface area (Å²) in [6, 6.07) is 8.16. The van der Waals surface area contributed by atoms with Crippen LogP contribution in [0, 0.1) is 25.6 Å². The first-order valence-corrected chi connectivity index (χ1v) is 8.89. The fraction of sp³-hybridized carbons (Fsp3) is 0.286. The van der Waals surface area contributed by atoms with Crippen molar-refractivity contribution in [3.63, 3.8) is 0 Å². The first kappa shape index (κ1) is 21.1. The molecule has 28 heavy (non-hydrogen) atoms. The van der Waals surface area contributed by atoms with Gasteiger partial charge in [-0.15, -0.1) is 0 Å². The van der Waals surface area contributed by atoms with Gasteiger partial charge < -0.3 is 10.4 Å². The Bertz CT molecular complexity index is 887. The summed E-state index contributed by atoms with van der Waals surface area (Å²) in [6.07, 6.45) is 1.45. The van der Waals surface area contributed by atoms with Gasteiger partial charge in [0.25, 0.3) is 11.8 Å². The van der Waals surface area contributed by atoms with Crippen LogP contribution in [0.1, 0.15) is 40.9 Å². The van der Waals surface area contributed by atoms with E-state index in [1.165, 1.54) is 24.4 Å². The molecule has 7 heteroatoms. The number of hydrazone groups is 1. The van der Waals surface area contributed by atoms with Crippen LogP contribution in [-0.4, -0.2) is 29.2 Å². The number of halogens is 1. The number of phenols is 1. The first-order valence-electron chi connectivity index (χ1n) is 8.89. The summed E-state index contributed by atoms with van der Waals surface area (Å²) in [5, 5.41) is 16.3. The number of phenolic OH excluding ortho intramolecular Hbond substituents is 1. The maximum atomic E-state index is 13.8. The number of rotatable bonds is 6. The van der Waals surface area contributed by atoms with Gasteiger partial charge in [0.2, 0.25) is 0 Å². The lowest BCUT2D eigenvalue weighted by Gasteiger charge is -2.20. The molecule has 0 aromatic heterocycles. The van der Waals surface area contributed by atoms with Crippen molar-refractivity contribution in [2.24, 2.45) is 11.0 Å². The molecule has 0 bridgehead atoms. The van der Waals surface area contributed by atoms with Crippen molar-refractivity contribution >= 4 is 18.0 Å². The number of aromatic hydroxyl groups is 1. The Morgan fingerprint density at radius 2 is 1.75 bits per heavy atom. The van der Waals surface area contributed by atoms with Crippen LogP contribution in [0.2, 0.25) is 0 Å². The van der Waals surface area contributed by atoms with E-state index in [9.17, 15) is 19.1 Å². The lowest BCUT2D eigenvalue weighted by atomic mass is 10.0. The maximum absolute atomic E-state index is 13.8. The minimum absolute atomic E-state index is 0.125. The summed E-state index contributed by atoms with van der Waals surface area (Å²) in [5.41, 5.74) is 4.38. The Morgan fingerprint density at radius 1 is 1.14 bits per heavy atom. The number of hydrogen-bond donors (Lipinski definition) is 3. The summed E-state index contributed by atoms with van der Waals surface area (Å²) in [6.45, 7) is 7.07. The first-order chi connectivity index (χ1) is 13.2. The van der Waals surface area contributed by atoms with Crippen molar-refractivity contribution in [2.75, 3.05) is 0 Å². The van der Waals surface area contributed by atoms with Crippen LogP contribution >= 0.6 is 0 Å². The molecule has 0 heterocycles. The smallest absolute Gasteiger partial charge is 0.262 e. The van der Waals surface area contributed by atoms with Crippen LogP contribution in [0.4, 0.5) is 4.39 Å². The van der Waals surface area contributed by atoms with Gasteiger partial charge in [0.1, 0.15) is 17.6 Å². The van der Waals surface area contributed by atoms with Gasteiger partial charge in [0.05, 0.1) is 11.8 Å². The lowest BCUT2D eigenvalue weighted by Crippen LogP contribution is -2.48. The average molecular weight is 385 g/mol. The second-order valence-electron chi connectivity index (χ2n) is 6.91. The number of carbonyl (C=O) groups is 2. The van der Waals surface area contributed by atoms with Crippen molar-refractivity contribution in [2.45, 2.75) is 33.7 Å². The number of nitrogens with zero attached hydrogens (tertiary/aromatic N) is 1. The molecule has 148 valence electrons. The maximum Gasteiger partial charge on any atom is 0.262 e. The molecule has 0 aliphatic rings. The molecule has 0 radical (unpaired) electrons. The van der Waals surface area contributed by atoms with Gasteiger partial charge in [0, 0.05) is 0 Å². The van der Waals surface area contributed by atoms with Crippen LogP contribution in [0.25, 0.3) is 0 Å². The van der Waals surface area contributed by atoms with Gasteiger partial charge in [-0.25, -0.2) is 9.82 Å². The molecule has 1 atom stereocenters. The van der Waals surface area contributed by atoms with Crippen molar-refractivity contribution in [1.82, 2.24) is 10.7 Å². The number of benzene rings is 2. The lowest BCUT2D eigenvalue weighted by molar-refractivity contribution is -0.123. The number of nitrogens with one attached hydrogen (secondary N) is 2. The summed E-state index contributed by atoms with van der Waals surface area (Å²) < 4.78 is 13.8. The Balaban J connectivity index is 2.07. The standard InChI is InChI=1S/C21H24FN3O3/c1-12(2)18(24-20(27)16-7-5-6-8-17(16)22)21(28)25-23-11-15-9-13(3)19(26)14(4)10-15/h5-12,18,26H,1-4H3,(H,24,27)(H,25,28)/b23-11+. The van der Waals surface area contributed by atoms with Gasteiger partial charge in [-0.2, -0.15) is 5.10 Å². The fourth-order valence-corrected chi connectivity index (χ4v) is 2.70. The van der Waals surface area contributed by atoms with Crippen LogP contribution in [-0.2, 0) is 4.79 Å². The van der Waals surface area contributed by atoms with E-state index < -0.39 is 23.7 Å². The molecular formula is C21H24FN3O3. The SMILES string of the molecule is Cc1cc(/C=N/NC(=O)C(NC(=O)c2ccccc2F)C(C)C)cc(C)c1O. The normalized spacial score (nSPS) is 12.2. The van der Waals surface area contributed by atoms with E-state index in [0.717, 1.165) is 0 Å². The van der Waals surface area contributed by atoms with Crippen LogP contribution < -0.4 is 10.7 Å². The van der Waals surface area contributed by atoms with Crippen LogP contribution in [0.15, 0.2) is 41.5 Å². The molecule has 2 aromatic carbocycles. The molecule has 2 rings (SSSR count). The van der Waals surface area contributed by atoms with E-state index in [2.05, 4.69) is 15.8 Å². The minimum atomic E-state index is -0.882. The van der Waals surface area contributed by atoms with Gasteiger partial charge in [-0.05, 0) is 60.7 Å². The average Bonchev–Trinajstić information content (AvgIpc) is 2.63. The minimum Gasteiger partial charge on any atom is -0.507 e. The van der Waals surface area contributed by atoms with Crippen LogP contribution in [0.3, 0.4) is 0 Å². The van der Waals surface area contributed by atoms with E-state index in [1.54, 1.807) is 45.9 Å². The molecule has 0 spiro atoms. The fourth-order valence-electron chi connectivity index (χ4n) is 2.70. The summed E-state index contributed by atoms with van der Waals surface area (Å²) in [5.74, 6) is -1.84.